The van der Waals surface area contributed by atoms with Gasteiger partial charge < -0.3 is 9.47 Å². The number of aryl methyl sites for hydroxylation is 1. The maximum atomic E-state index is 12.0. The predicted molar refractivity (Wildman–Crippen MR) is 107 cm³/mol. The Kier molecular flexibility index (Phi) is 4.41. The van der Waals surface area contributed by atoms with Crippen molar-refractivity contribution in [1.82, 2.24) is 9.38 Å². The van der Waals surface area contributed by atoms with Gasteiger partial charge in [0.15, 0.2) is 11.2 Å². The van der Waals surface area contributed by atoms with E-state index in [0.717, 1.165) is 45.1 Å². The Morgan fingerprint density at radius 1 is 1.07 bits per heavy atom. The minimum Gasteiger partial charge on any atom is -0.496 e. The Bertz CT molecular complexity index is 1140. The lowest BCUT2D eigenvalue weighted by atomic mass is 10.1. The molecule has 136 valence electrons. The number of para-hydroxylation sites is 1. The maximum absolute atomic E-state index is 12.0. The van der Waals surface area contributed by atoms with Crippen LogP contribution in [0.1, 0.15) is 16.1 Å². The fourth-order valence-corrected chi connectivity index (χ4v) is 4.17. The van der Waals surface area contributed by atoms with Crippen molar-refractivity contribution in [2.75, 3.05) is 14.2 Å². The van der Waals surface area contributed by atoms with Crippen molar-refractivity contribution < 1.29 is 14.3 Å². The van der Waals surface area contributed by atoms with E-state index in [9.17, 15) is 4.79 Å². The molecule has 0 aliphatic rings. The highest BCUT2D eigenvalue weighted by Gasteiger charge is 2.20. The summed E-state index contributed by atoms with van der Waals surface area (Å²) >= 11 is 1.50. The van der Waals surface area contributed by atoms with Crippen LogP contribution in [0.4, 0.5) is 0 Å². The van der Waals surface area contributed by atoms with Crippen molar-refractivity contribution in [3.8, 4) is 34.0 Å². The van der Waals surface area contributed by atoms with Gasteiger partial charge in [0.1, 0.15) is 22.9 Å². The van der Waals surface area contributed by atoms with E-state index in [0.29, 0.717) is 11.4 Å². The first-order chi connectivity index (χ1) is 13.2. The number of nitrogens with zero attached hydrogens (tertiary/aromatic N) is 2. The Morgan fingerprint density at radius 3 is 2.56 bits per heavy atom. The minimum absolute atomic E-state index is 0.525. The Balaban J connectivity index is 1.94. The second-order valence-electron chi connectivity index (χ2n) is 6.09. The van der Waals surface area contributed by atoms with Gasteiger partial charge in [0.25, 0.3) is 0 Å². The molecule has 2 aromatic carbocycles. The molecular formula is C21H18N2O3S. The van der Waals surface area contributed by atoms with Crippen LogP contribution in [0.25, 0.3) is 27.5 Å². The number of aromatic nitrogens is 2. The number of thiazole rings is 1. The molecule has 0 N–H and O–H groups in total. The van der Waals surface area contributed by atoms with Crippen LogP contribution >= 0.6 is 11.3 Å². The fourth-order valence-electron chi connectivity index (χ4n) is 3.27. The van der Waals surface area contributed by atoms with E-state index in [1.165, 1.54) is 11.3 Å². The molecule has 6 heteroatoms. The third-order valence-electron chi connectivity index (χ3n) is 4.56. The maximum Gasteiger partial charge on any atom is 0.195 e. The third kappa shape index (κ3) is 2.78. The molecule has 2 heterocycles. The lowest BCUT2D eigenvalue weighted by molar-refractivity contribution is 0.111. The Hall–Kier alpha value is -3.12. The molecule has 0 spiro atoms. The first kappa shape index (κ1) is 17.3. The molecule has 4 rings (SSSR count). The monoisotopic (exact) mass is 378 g/mol. The summed E-state index contributed by atoms with van der Waals surface area (Å²) in [6.45, 7) is 1.97. The number of hydrogen-bond acceptors (Lipinski definition) is 5. The molecule has 0 aliphatic heterocycles. The second-order valence-corrected chi connectivity index (χ2v) is 6.92. The molecule has 0 unspecified atom stereocenters. The van der Waals surface area contributed by atoms with Gasteiger partial charge in [-0.25, -0.2) is 4.98 Å². The van der Waals surface area contributed by atoms with Crippen LogP contribution in [0.2, 0.25) is 0 Å². The van der Waals surface area contributed by atoms with Crippen molar-refractivity contribution in [3.05, 3.63) is 59.1 Å². The summed E-state index contributed by atoms with van der Waals surface area (Å²) < 4.78 is 12.7. The largest absolute Gasteiger partial charge is 0.496 e. The molecule has 0 atom stereocenters. The number of imidazole rings is 1. The zero-order valence-electron chi connectivity index (χ0n) is 15.2. The van der Waals surface area contributed by atoms with Crippen LogP contribution in [0.5, 0.6) is 11.5 Å². The van der Waals surface area contributed by atoms with Crippen molar-refractivity contribution in [2.24, 2.45) is 0 Å². The van der Waals surface area contributed by atoms with Gasteiger partial charge in [-0.2, -0.15) is 0 Å². The molecule has 27 heavy (non-hydrogen) atoms. The first-order valence-electron chi connectivity index (χ1n) is 8.41. The summed E-state index contributed by atoms with van der Waals surface area (Å²) in [6.07, 6.45) is 0.862. The molecule has 0 amide bonds. The summed E-state index contributed by atoms with van der Waals surface area (Å²) in [5.74, 6) is 1.56. The van der Waals surface area contributed by atoms with E-state index in [4.69, 9.17) is 14.5 Å². The Morgan fingerprint density at radius 2 is 1.85 bits per heavy atom. The van der Waals surface area contributed by atoms with E-state index in [2.05, 4.69) is 0 Å². The number of hydrogen-bond donors (Lipinski definition) is 0. The molecule has 0 radical (unpaired) electrons. The number of carbonyl (C=O) groups excluding carboxylic acids is 1. The van der Waals surface area contributed by atoms with E-state index < -0.39 is 0 Å². The summed E-state index contributed by atoms with van der Waals surface area (Å²) in [6, 6.07) is 13.6. The number of rotatable bonds is 5. The number of carbonyl (C=O) groups is 1. The number of methoxy groups -OCH3 is 2. The van der Waals surface area contributed by atoms with Crippen LogP contribution in [-0.2, 0) is 0 Å². The van der Waals surface area contributed by atoms with Gasteiger partial charge in [0.05, 0.1) is 19.9 Å². The summed E-state index contributed by atoms with van der Waals surface area (Å²) in [7, 11) is 3.29. The van der Waals surface area contributed by atoms with Crippen LogP contribution < -0.4 is 9.47 Å². The smallest absolute Gasteiger partial charge is 0.195 e. The summed E-state index contributed by atoms with van der Waals surface area (Å²) in [5, 5.41) is 2.00. The highest BCUT2D eigenvalue weighted by molar-refractivity contribution is 7.15. The van der Waals surface area contributed by atoms with Crippen LogP contribution in [0.3, 0.4) is 0 Å². The predicted octanol–water partition coefficient (Wildman–Crippen LogP) is 4.87. The van der Waals surface area contributed by atoms with E-state index >= 15 is 0 Å². The molecule has 4 aromatic rings. The molecule has 0 fully saturated rings. The lowest BCUT2D eigenvalue weighted by Gasteiger charge is -2.08. The highest BCUT2D eigenvalue weighted by atomic mass is 32.1. The van der Waals surface area contributed by atoms with Gasteiger partial charge in [-0.05, 0) is 42.8 Å². The van der Waals surface area contributed by atoms with Crippen LogP contribution in [0, 0.1) is 6.92 Å². The molecule has 5 nitrogen and oxygen atoms in total. The van der Waals surface area contributed by atoms with Crippen molar-refractivity contribution in [2.45, 2.75) is 6.92 Å². The number of benzene rings is 2. The molecular weight excluding hydrogens is 360 g/mol. The van der Waals surface area contributed by atoms with Gasteiger partial charge in [0.2, 0.25) is 0 Å². The third-order valence-corrected chi connectivity index (χ3v) is 5.39. The van der Waals surface area contributed by atoms with Crippen molar-refractivity contribution >= 4 is 22.6 Å². The van der Waals surface area contributed by atoms with Crippen LogP contribution in [0.15, 0.2) is 47.8 Å². The lowest BCUT2D eigenvalue weighted by Crippen LogP contribution is -1.96. The molecule has 0 aliphatic carbocycles. The van der Waals surface area contributed by atoms with E-state index in [-0.39, 0.29) is 0 Å². The minimum atomic E-state index is 0.525. The van der Waals surface area contributed by atoms with Gasteiger partial charge in [0, 0.05) is 16.5 Å². The van der Waals surface area contributed by atoms with Gasteiger partial charge in [-0.15, -0.1) is 11.3 Å². The molecule has 0 saturated heterocycles. The standard InChI is InChI=1S/C21H18N2O3S/c1-13-10-14(8-9-18(13)25-2)20-16(11-24)23-17(12-27-21(23)22-20)15-6-4-5-7-19(15)26-3/h4-12H,1-3H3. The SMILES string of the molecule is COc1ccc(-c2nc3scc(-c4ccccc4OC)n3c2C=O)cc1C. The quantitative estimate of drug-likeness (QED) is 0.465. The average molecular weight is 378 g/mol. The number of aldehydes is 1. The van der Waals surface area contributed by atoms with Crippen molar-refractivity contribution in [3.63, 3.8) is 0 Å². The van der Waals surface area contributed by atoms with Gasteiger partial charge in [-0.1, -0.05) is 12.1 Å². The average Bonchev–Trinajstić information content (AvgIpc) is 3.26. The Labute approximate surface area is 160 Å². The number of fused-ring (bicyclic) bond motifs is 1. The van der Waals surface area contributed by atoms with E-state index in [1.54, 1.807) is 14.2 Å². The fraction of sp³-hybridized carbons (Fsp3) is 0.143. The van der Waals surface area contributed by atoms with Gasteiger partial charge in [-0.3, -0.25) is 9.20 Å². The zero-order chi connectivity index (χ0) is 19.0. The van der Waals surface area contributed by atoms with E-state index in [1.807, 2.05) is 59.2 Å². The summed E-state index contributed by atoms with van der Waals surface area (Å²) in [5.41, 5.74) is 4.88. The van der Waals surface area contributed by atoms with Gasteiger partial charge >= 0.3 is 0 Å². The number of ether oxygens (including phenoxy) is 2. The normalized spacial score (nSPS) is 10.9. The van der Waals surface area contributed by atoms with Crippen molar-refractivity contribution in [1.29, 1.82) is 0 Å². The second kappa shape index (κ2) is 6.89. The topological polar surface area (TPSA) is 52.8 Å². The summed E-state index contributed by atoms with van der Waals surface area (Å²) in [4.78, 5) is 17.5. The van der Waals surface area contributed by atoms with Crippen LogP contribution in [-0.4, -0.2) is 29.9 Å². The molecule has 0 bridgehead atoms. The first-order valence-corrected chi connectivity index (χ1v) is 9.29. The zero-order valence-corrected chi connectivity index (χ0v) is 16.0. The molecule has 2 aromatic heterocycles. The molecule has 0 saturated carbocycles. The highest BCUT2D eigenvalue weighted by Crippen LogP contribution is 2.36.